The van der Waals surface area contributed by atoms with Gasteiger partial charge in [0.2, 0.25) is 0 Å². The summed E-state index contributed by atoms with van der Waals surface area (Å²) in [5, 5.41) is 76.7. The van der Waals surface area contributed by atoms with E-state index in [2.05, 4.69) is 4.18 Å². The number of rotatable bonds is 9. The van der Waals surface area contributed by atoms with Crippen LogP contribution in [0.4, 0.5) is 0 Å². The molecule has 1 fully saturated rings. The summed E-state index contributed by atoms with van der Waals surface area (Å²) in [6.45, 7) is -1.58. The summed E-state index contributed by atoms with van der Waals surface area (Å²) in [4.78, 5) is -0.868. The standard InChI is InChI=1S/C12H24O12SSe/c13-1-5(15)10(19)12(24-25(21,22)23)7(17)4-26-3-6(16)9(18)11(20)8(26)2-14/h5-20H,1-4H2/t5-,6-,7+,8+,9-,10-,11-,12-,26?/m1/s1. The van der Waals surface area contributed by atoms with E-state index in [4.69, 9.17) is 5.11 Å². The van der Waals surface area contributed by atoms with Crippen LogP contribution in [0.5, 0.6) is 0 Å². The van der Waals surface area contributed by atoms with Crippen LogP contribution in [-0.4, -0.2) is 124 Å². The van der Waals surface area contributed by atoms with E-state index >= 15 is 0 Å². The number of hydrogen-bond acceptors (Lipinski definition) is 12. The third-order valence-electron chi connectivity index (χ3n) is 4.03. The van der Waals surface area contributed by atoms with Gasteiger partial charge in [-0.25, -0.2) is 0 Å². The molecule has 1 unspecified atom stereocenters. The molecule has 0 saturated carbocycles. The average Bonchev–Trinajstić information content (AvgIpc) is 2.55. The van der Waals surface area contributed by atoms with Crippen molar-refractivity contribution in [3.05, 3.63) is 0 Å². The first-order valence-corrected chi connectivity index (χ1v) is 12.3. The van der Waals surface area contributed by atoms with Crippen LogP contribution in [0.15, 0.2) is 0 Å². The molecule has 0 aliphatic carbocycles. The first-order chi connectivity index (χ1) is 11.9. The minimum absolute atomic E-state index is 0.0595. The van der Waals surface area contributed by atoms with Gasteiger partial charge in [0.05, 0.1) is 0 Å². The maximum absolute atomic E-state index is 10.8. The maximum atomic E-state index is 10.8. The van der Waals surface area contributed by atoms with Crippen molar-refractivity contribution in [2.75, 3.05) is 13.2 Å². The van der Waals surface area contributed by atoms with E-state index in [0.29, 0.717) is 0 Å². The van der Waals surface area contributed by atoms with Gasteiger partial charge in [-0.15, -0.1) is 0 Å². The Labute approximate surface area is 154 Å². The van der Waals surface area contributed by atoms with Gasteiger partial charge in [-0.05, 0) is 0 Å². The van der Waals surface area contributed by atoms with Gasteiger partial charge in [-0.2, -0.15) is 0 Å². The molecule has 1 aliphatic rings. The van der Waals surface area contributed by atoms with Gasteiger partial charge in [0.15, 0.2) is 0 Å². The summed E-state index contributed by atoms with van der Waals surface area (Å²) in [5.41, 5.74) is 0. The molecule has 9 atom stereocenters. The van der Waals surface area contributed by atoms with Crippen molar-refractivity contribution in [2.45, 2.75) is 58.2 Å². The molecular weight excluding hydrogens is 447 g/mol. The molecule has 1 rings (SSSR count). The van der Waals surface area contributed by atoms with E-state index in [1.165, 1.54) is 0 Å². The SMILES string of the molecule is O=S(=O)([O-])O[C@@H]([C@H](O)[C@H](O)CO)[C@@H](O)C[Se+]1C[C@@H](O)[C@@H](O)[C@H](O)[C@@H]1CO. The topological polar surface area (TPSA) is 228 Å². The molecule has 14 heteroatoms. The molecule has 1 heterocycles. The van der Waals surface area contributed by atoms with Crippen LogP contribution in [0.2, 0.25) is 15.5 Å². The number of aliphatic hydroxyl groups excluding tert-OH is 8. The second-order valence-electron chi connectivity index (χ2n) is 5.92. The van der Waals surface area contributed by atoms with Crippen molar-refractivity contribution in [2.24, 2.45) is 0 Å². The molecule has 0 radical (unpaired) electrons. The Hall–Kier alpha value is 0.0695. The molecule has 1 aliphatic heterocycles. The summed E-state index contributed by atoms with van der Waals surface area (Å²) in [6, 6.07) is 0. The molecule has 0 amide bonds. The molecule has 0 spiro atoms. The number of hydrogen-bond donors (Lipinski definition) is 8. The van der Waals surface area contributed by atoms with E-state index < -0.39 is 85.1 Å². The molecular formula is C12H24O12SSe. The van der Waals surface area contributed by atoms with Gasteiger partial charge >= 0.3 is 154 Å². The Balaban J connectivity index is 2.98. The zero-order chi connectivity index (χ0) is 20.2. The fraction of sp³-hybridized carbons (Fsp3) is 1.00. The van der Waals surface area contributed by atoms with Crippen molar-refractivity contribution in [1.29, 1.82) is 0 Å². The van der Waals surface area contributed by atoms with Crippen LogP contribution in [0.25, 0.3) is 0 Å². The van der Waals surface area contributed by atoms with E-state index in [1.807, 2.05) is 0 Å². The summed E-state index contributed by atoms with van der Waals surface area (Å²) >= 11 is -2.29. The Morgan fingerprint density at radius 2 is 1.65 bits per heavy atom. The molecule has 0 aromatic carbocycles. The fourth-order valence-electron chi connectivity index (χ4n) is 2.62. The van der Waals surface area contributed by atoms with Crippen molar-refractivity contribution in [3.63, 3.8) is 0 Å². The van der Waals surface area contributed by atoms with Crippen LogP contribution < -0.4 is 0 Å². The zero-order valence-corrected chi connectivity index (χ0v) is 16.0. The Morgan fingerprint density at radius 3 is 2.12 bits per heavy atom. The monoisotopic (exact) mass is 472 g/mol. The molecule has 156 valence electrons. The van der Waals surface area contributed by atoms with Crippen molar-refractivity contribution in [3.8, 4) is 0 Å². The third-order valence-corrected chi connectivity index (χ3v) is 10.4. The quantitative estimate of drug-likeness (QED) is 0.0897. The zero-order valence-electron chi connectivity index (χ0n) is 13.5. The molecule has 1 saturated heterocycles. The predicted octanol–water partition coefficient (Wildman–Crippen LogP) is -5.14. The first kappa shape index (κ1) is 24.1. The van der Waals surface area contributed by atoms with Crippen LogP contribution in [0.1, 0.15) is 0 Å². The Morgan fingerprint density at radius 1 is 1.08 bits per heavy atom. The number of aliphatic hydroxyl groups is 8. The first-order valence-electron chi connectivity index (χ1n) is 7.53. The second-order valence-corrected chi connectivity index (χ2v) is 11.9. The third kappa shape index (κ3) is 6.31. The van der Waals surface area contributed by atoms with Crippen LogP contribution >= 0.6 is 0 Å². The Kier molecular flexibility index (Phi) is 9.29. The van der Waals surface area contributed by atoms with E-state index in [9.17, 15) is 48.7 Å². The van der Waals surface area contributed by atoms with Gasteiger partial charge in [0, 0.05) is 0 Å². The summed E-state index contributed by atoms with van der Waals surface area (Å²) < 4.78 is 36.6. The predicted molar refractivity (Wildman–Crippen MR) is 83.9 cm³/mol. The van der Waals surface area contributed by atoms with Gasteiger partial charge in [0.25, 0.3) is 0 Å². The molecule has 12 nitrogen and oxygen atoms in total. The normalized spacial score (nSPS) is 34.9. The van der Waals surface area contributed by atoms with Crippen molar-refractivity contribution >= 4 is 24.3 Å². The van der Waals surface area contributed by atoms with Crippen molar-refractivity contribution < 1.29 is 58.0 Å². The second kappa shape index (κ2) is 10.0. The van der Waals surface area contributed by atoms with Crippen LogP contribution in [-0.2, 0) is 14.6 Å². The molecule has 0 bridgehead atoms. The van der Waals surface area contributed by atoms with E-state index in [-0.39, 0.29) is 10.6 Å². The molecule has 8 N–H and O–H groups in total. The summed E-state index contributed by atoms with van der Waals surface area (Å²) in [6.07, 6.45) is -12.3. The van der Waals surface area contributed by atoms with Crippen LogP contribution in [0.3, 0.4) is 0 Å². The molecule has 26 heavy (non-hydrogen) atoms. The average molecular weight is 471 g/mol. The Bertz CT molecular complexity index is 532. The minimum atomic E-state index is -5.38. The van der Waals surface area contributed by atoms with Crippen LogP contribution in [0, 0.1) is 0 Å². The van der Waals surface area contributed by atoms with Gasteiger partial charge in [-0.1, -0.05) is 0 Å². The summed E-state index contributed by atoms with van der Waals surface area (Å²) in [7, 11) is -5.38. The van der Waals surface area contributed by atoms with Crippen molar-refractivity contribution in [1.82, 2.24) is 0 Å². The van der Waals surface area contributed by atoms with Gasteiger partial charge in [-0.3, -0.25) is 0 Å². The van der Waals surface area contributed by atoms with E-state index in [0.717, 1.165) is 0 Å². The molecule has 0 aromatic rings. The van der Waals surface area contributed by atoms with E-state index in [1.54, 1.807) is 0 Å². The van der Waals surface area contributed by atoms with Gasteiger partial charge < -0.3 is 0 Å². The fourth-order valence-corrected chi connectivity index (χ4v) is 8.71. The summed E-state index contributed by atoms with van der Waals surface area (Å²) in [5.74, 6) is 0. The van der Waals surface area contributed by atoms with Gasteiger partial charge in [0.1, 0.15) is 0 Å². The molecule has 0 aromatic heterocycles.